The molecule has 1 heterocycles. The van der Waals surface area contributed by atoms with E-state index in [0.29, 0.717) is 6.04 Å². The Labute approximate surface area is 117 Å². The zero-order valence-electron chi connectivity index (χ0n) is 12.0. The lowest BCUT2D eigenvalue weighted by atomic mass is 9.79. The van der Waals surface area contributed by atoms with E-state index >= 15 is 0 Å². The van der Waals surface area contributed by atoms with Crippen molar-refractivity contribution in [2.24, 2.45) is 5.92 Å². The van der Waals surface area contributed by atoms with Gasteiger partial charge in [0.2, 0.25) is 5.91 Å². The summed E-state index contributed by atoms with van der Waals surface area (Å²) in [6, 6.07) is 2.33. The molecule has 1 aromatic rings. The molecule has 0 spiro atoms. The van der Waals surface area contributed by atoms with Gasteiger partial charge in [-0.05, 0) is 12.8 Å². The van der Waals surface area contributed by atoms with Gasteiger partial charge in [-0.1, -0.05) is 20.8 Å². The van der Waals surface area contributed by atoms with Crippen molar-refractivity contribution in [1.29, 1.82) is 0 Å². The normalized spacial score (nSPS) is 22.5. The molecule has 5 nitrogen and oxygen atoms in total. The lowest BCUT2D eigenvalue weighted by Crippen LogP contribution is -2.43. The molecule has 0 aromatic carbocycles. The number of hydrogen-bond acceptors (Lipinski definition) is 4. The number of hydrogen-bond donors (Lipinski definition) is 2. The van der Waals surface area contributed by atoms with Crippen LogP contribution in [0, 0.1) is 5.92 Å². The van der Waals surface area contributed by atoms with Gasteiger partial charge < -0.3 is 10.6 Å². The Kier molecular flexibility index (Phi) is 3.73. The maximum atomic E-state index is 11.4. The third-order valence-electron chi connectivity index (χ3n) is 3.54. The first-order valence-corrected chi connectivity index (χ1v) is 6.71. The SMILES string of the molecule is CNC(=O)C1CC(Nc2cc(C(C)(C)C)ncn2)C1.[HH].[HH]. The van der Waals surface area contributed by atoms with Crippen LogP contribution in [0.2, 0.25) is 0 Å². The summed E-state index contributed by atoms with van der Waals surface area (Å²) in [5.74, 6) is 1.13. The molecular weight excluding hydrogens is 240 g/mol. The van der Waals surface area contributed by atoms with Gasteiger partial charge in [-0.15, -0.1) is 0 Å². The van der Waals surface area contributed by atoms with Crippen molar-refractivity contribution in [3.05, 3.63) is 18.1 Å². The van der Waals surface area contributed by atoms with Crippen LogP contribution < -0.4 is 10.6 Å². The van der Waals surface area contributed by atoms with Crippen LogP contribution in [0.25, 0.3) is 0 Å². The minimum Gasteiger partial charge on any atom is -0.367 e. The van der Waals surface area contributed by atoms with Gasteiger partial charge in [-0.2, -0.15) is 0 Å². The van der Waals surface area contributed by atoms with Gasteiger partial charge in [-0.3, -0.25) is 4.79 Å². The van der Waals surface area contributed by atoms with Crippen LogP contribution in [-0.2, 0) is 10.2 Å². The van der Waals surface area contributed by atoms with E-state index in [1.165, 1.54) is 0 Å². The summed E-state index contributed by atoms with van der Waals surface area (Å²) in [5.41, 5.74) is 1.04. The molecule has 1 saturated carbocycles. The van der Waals surface area contributed by atoms with Crippen molar-refractivity contribution >= 4 is 11.7 Å². The first-order chi connectivity index (χ1) is 8.90. The van der Waals surface area contributed by atoms with Gasteiger partial charge in [0.15, 0.2) is 0 Å². The van der Waals surface area contributed by atoms with Crippen LogP contribution >= 0.6 is 0 Å². The maximum absolute atomic E-state index is 11.4. The largest absolute Gasteiger partial charge is 0.367 e. The van der Waals surface area contributed by atoms with Crippen LogP contribution in [0.3, 0.4) is 0 Å². The highest BCUT2D eigenvalue weighted by Crippen LogP contribution is 2.30. The van der Waals surface area contributed by atoms with Crippen LogP contribution in [-0.4, -0.2) is 29.0 Å². The summed E-state index contributed by atoms with van der Waals surface area (Å²) in [6.45, 7) is 6.39. The Balaban J connectivity index is 0.00000200. The molecule has 19 heavy (non-hydrogen) atoms. The molecule has 1 aliphatic rings. The van der Waals surface area contributed by atoms with Gasteiger partial charge in [0.1, 0.15) is 12.1 Å². The third-order valence-corrected chi connectivity index (χ3v) is 3.54. The second kappa shape index (κ2) is 5.15. The predicted octanol–water partition coefficient (Wildman–Crippen LogP) is 2.20. The summed E-state index contributed by atoms with van der Waals surface area (Å²) in [7, 11) is 1.68. The topological polar surface area (TPSA) is 66.9 Å². The Morgan fingerprint density at radius 2 is 2.05 bits per heavy atom. The van der Waals surface area contributed by atoms with Crippen LogP contribution in [0.1, 0.15) is 42.2 Å². The number of amides is 1. The van der Waals surface area contributed by atoms with Crippen molar-refractivity contribution in [2.75, 3.05) is 12.4 Å². The van der Waals surface area contributed by atoms with E-state index in [0.717, 1.165) is 24.4 Å². The number of nitrogens with zero attached hydrogens (tertiary/aromatic N) is 2. The average molecular weight is 266 g/mol. The van der Waals surface area contributed by atoms with Gasteiger partial charge in [-0.25, -0.2) is 9.97 Å². The molecule has 0 atom stereocenters. The van der Waals surface area contributed by atoms with Crippen LogP contribution in [0.5, 0.6) is 0 Å². The number of carbonyl (C=O) groups is 1. The molecular formula is C14H26N4O. The summed E-state index contributed by atoms with van der Waals surface area (Å²) >= 11 is 0. The molecule has 5 heteroatoms. The molecule has 0 bridgehead atoms. The molecule has 0 radical (unpaired) electrons. The molecule has 108 valence electrons. The second-order valence-corrected chi connectivity index (χ2v) is 6.16. The van der Waals surface area contributed by atoms with Crippen LogP contribution in [0.4, 0.5) is 5.82 Å². The Hall–Kier alpha value is -1.65. The molecule has 1 aromatic heterocycles. The lowest BCUT2D eigenvalue weighted by molar-refractivity contribution is -0.127. The quantitative estimate of drug-likeness (QED) is 0.880. The summed E-state index contributed by atoms with van der Waals surface area (Å²) in [4.78, 5) is 20.0. The van der Waals surface area contributed by atoms with E-state index in [9.17, 15) is 4.79 Å². The first kappa shape index (κ1) is 13.8. The Morgan fingerprint density at radius 1 is 1.37 bits per heavy atom. The monoisotopic (exact) mass is 266 g/mol. The molecule has 2 rings (SSSR count). The van der Waals surface area contributed by atoms with Gasteiger partial charge in [0, 0.05) is 33.3 Å². The molecule has 1 amide bonds. The average Bonchev–Trinajstić information content (AvgIpc) is 2.31. The standard InChI is InChI=1S/C14H22N4O.2H2/c1-14(2,3)11-7-12(17-8-16-11)18-10-5-9(6-10)13(19)15-4;;/h7-10H,5-6H2,1-4H3,(H,15,19)(H,16,17,18);2*1H. The van der Waals surface area contributed by atoms with Crippen molar-refractivity contribution < 1.29 is 7.65 Å². The second-order valence-electron chi connectivity index (χ2n) is 6.16. The fraction of sp³-hybridized carbons (Fsp3) is 0.643. The highest BCUT2D eigenvalue weighted by molar-refractivity contribution is 5.79. The zero-order valence-corrected chi connectivity index (χ0v) is 12.0. The fourth-order valence-electron chi connectivity index (χ4n) is 2.21. The highest BCUT2D eigenvalue weighted by atomic mass is 16.1. The fourth-order valence-corrected chi connectivity index (χ4v) is 2.21. The minimum absolute atomic E-state index is 0. The van der Waals surface area contributed by atoms with Crippen molar-refractivity contribution in [3.63, 3.8) is 0 Å². The highest BCUT2D eigenvalue weighted by Gasteiger charge is 2.34. The Bertz CT molecular complexity index is 470. The molecule has 0 aliphatic heterocycles. The summed E-state index contributed by atoms with van der Waals surface area (Å²) in [5, 5.41) is 6.06. The Morgan fingerprint density at radius 3 is 2.63 bits per heavy atom. The van der Waals surface area contributed by atoms with Gasteiger partial charge in [0.25, 0.3) is 0 Å². The number of rotatable bonds is 3. The maximum Gasteiger partial charge on any atom is 0.223 e. The van der Waals surface area contributed by atoms with E-state index in [4.69, 9.17) is 0 Å². The minimum atomic E-state index is 0. The third kappa shape index (κ3) is 3.22. The van der Waals surface area contributed by atoms with Gasteiger partial charge in [0.05, 0.1) is 5.69 Å². The first-order valence-electron chi connectivity index (χ1n) is 6.71. The van der Waals surface area contributed by atoms with Crippen molar-refractivity contribution in [1.82, 2.24) is 15.3 Å². The van der Waals surface area contributed by atoms with Crippen LogP contribution in [0.15, 0.2) is 12.4 Å². The smallest absolute Gasteiger partial charge is 0.223 e. The van der Waals surface area contributed by atoms with E-state index in [1.807, 2.05) is 6.07 Å². The predicted molar refractivity (Wildman–Crippen MR) is 79.2 cm³/mol. The lowest BCUT2D eigenvalue weighted by Gasteiger charge is -2.34. The van der Waals surface area contributed by atoms with Crippen molar-refractivity contribution in [3.8, 4) is 0 Å². The number of anilines is 1. The number of nitrogens with one attached hydrogen (secondary N) is 2. The molecule has 2 N–H and O–H groups in total. The zero-order chi connectivity index (χ0) is 14.0. The van der Waals surface area contributed by atoms with Crippen molar-refractivity contribution in [2.45, 2.75) is 45.1 Å². The van der Waals surface area contributed by atoms with Gasteiger partial charge >= 0.3 is 0 Å². The number of aromatic nitrogens is 2. The summed E-state index contributed by atoms with van der Waals surface area (Å²) < 4.78 is 0. The molecule has 0 unspecified atom stereocenters. The number of carbonyl (C=O) groups excluding carboxylic acids is 1. The summed E-state index contributed by atoms with van der Waals surface area (Å²) in [6.07, 6.45) is 3.33. The molecule has 1 fully saturated rings. The molecule has 1 aliphatic carbocycles. The van der Waals surface area contributed by atoms with E-state index in [1.54, 1.807) is 13.4 Å². The molecule has 0 saturated heterocycles. The van der Waals surface area contributed by atoms with E-state index in [-0.39, 0.29) is 20.1 Å². The van der Waals surface area contributed by atoms with E-state index in [2.05, 4.69) is 41.4 Å². The van der Waals surface area contributed by atoms with E-state index < -0.39 is 0 Å².